The first-order chi connectivity index (χ1) is 6.67. The molecule has 0 amide bonds. The molecule has 0 fully saturated rings. The summed E-state index contributed by atoms with van der Waals surface area (Å²) in [4.78, 5) is 1.28. The Morgan fingerprint density at radius 2 is 2.29 bits per heavy atom. The Labute approximate surface area is 89.6 Å². The second-order valence-corrected chi connectivity index (χ2v) is 4.34. The van der Waals surface area contributed by atoms with Gasteiger partial charge in [0, 0.05) is 10.3 Å². The molecule has 0 bridgehead atoms. The molecule has 0 aliphatic heterocycles. The third-order valence-electron chi connectivity index (χ3n) is 1.95. The van der Waals surface area contributed by atoms with Crippen LogP contribution < -0.4 is 10.1 Å². The van der Waals surface area contributed by atoms with E-state index in [0.29, 0.717) is 6.04 Å². The molecule has 0 aliphatic carbocycles. The predicted molar refractivity (Wildman–Crippen MR) is 62.1 cm³/mol. The molecule has 1 heterocycles. The van der Waals surface area contributed by atoms with Gasteiger partial charge in [-0.05, 0) is 27.0 Å². The lowest BCUT2D eigenvalue weighted by molar-refractivity contribution is 0.416. The summed E-state index contributed by atoms with van der Waals surface area (Å²) in [6, 6.07) is 2.37. The lowest BCUT2D eigenvalue weighted by Crippen LogP contribution is -2.12. The largest absolute Gasteiger partial charge is 0.496 e. The molecule has 3 heteroatoms. The molecule has 14 heavy (non-hydrogen) atoms. The monoisotopic (exact) mass is 211 g/mol. The SMILES string of the molecule is CNC(C=C(C)C)c1cc(OC)cs1. The summed E-state index contributed by atoms with van der Waals surface area (Å²) in [6.07, 6.45) is 2.21. The van der Waals surface area contributed by atoms with E-state index in [9.17, 15) is 0 Å². The Hall–Kier alpha value is -0.800. The highest BCUT2D eigenvalue weighted by Crippen LogP contribution is 2.27. The molecule has 0 radical (unpaired) electrons. The maximum Gasteiger partial charge on any atom is 0.129 e. The number of hydrogen-bond acceptors (Lipinski definition) is 3. The number of likely N-dealkylation sites (N-methyl/N-ethyl adjacent to an activating group) is 1. The smallest absolute Gasteiger partial charge is 0.129 e. The van der Waals surface area contributed by atoms with Gasteiger partial charge in [-0.2, -0.15) is 0 Å². The van der Waals surface area contributed by atoms with Gasteiger partial charge < -0.3 is 10.1 Å². The van der Waals surface area contributed by atoms with Gasteiger partial charge in [0.05, 0.1) is 13.2 Å². The minimum atomic E-state index is 0.300. The number of ether oxygens (including phenoxy) is 1. The maximum atomic E-state index is 5.16. The van der Waals surface area contributed by atoms with Crippen molar-refractivity contribution in [3.63, 3.8) is 0 Å². The van der Waals surface area contributed by atoms with Crippen LogP contribution in [0.2, 0.25) is 0 Å². The highest BCUT2D eigenvalue weighted by Gasteiger charge is 2.08. The van der Waals surface area contributed by atoms with Gasteiger partial charge in [-0.15, -0.1) is 11.3 Å². The first kappa shape index (κ1) is 11.3. The first-order valence-corrected chi connectivity index (χ1v) is 5.50. The van der Waals surface area contributed by atoms with Crippen molar-refractivity contribution < 1.29 is 4.74 Å². The van der Waals surface area contributed by atoms with Crippen LogP contribution in [0.15, 0.2) is 23.1 Å². The topological polar surface area (TPSA) is 21.3 Å². The number of allylic oxidation sites excluding steroid dienone is 1. The van der Waals surface area contributed by atoms with Gasteiger partial charge in [0.15, 0.2) is 0 Å². The molecule has 1 aromatic rings. The van der Waals surface area contributed by atoms with Crippen molar-refractivity contribution >= 4 is 11.3 Å². The van der Waals surface area contributed by atoms with Crippen molar-refractivity contribution in [1.29, 1.82) is 0 Å². The third-order valence-corrected chi connectivity index (χ3v) is 2.94. The number of methoxy groups -OCH3 is 1. The van der Waals surface area contributed by atoms with E-state index >= 15 is 0 Å². The molecule has 1 N–H and O–H groups in total. The van der Waals surface area contributed by atoms with Crippen LogP contribution in [-0.2, 0) is 0 Å². The van der Waals surface area contributed by atoms with Crippen molar-refractivity contribution in [2.24, 2.45) is 0 Å². The van der Waals surface area contributed by atoms with Crippen molar-refractivity contribution in [1.82, 2.24) is 5.32 Å². The summed E-state index contributed by atoms with van der Waals surface area (Å²) in [6.45, 7) is 4.21. The minimum absolute atomic E-state index is 0.300. The van der Waals surface area contributed by atoms with Crippen LogP contribution in [0.3, 0.4) is 0 Å². The van der Waals surface area contributed by atoms with E-state index in [1.54, 1.807) is 18.4 Å². The fraction of sp³-hybridized carbons (Fsp3) is 0.455. The van der Waals surface area contributed by atoms with Crippen molar-refractivity contribution in [2.45, 2.75) is 19.9 Å². The molecular formula is C11H17NOS. The molecule has 0 aliphatic rings. The fourth-order valence-corrected chi connectivity index (χ4v) is 2.18. The summed E-state index contributed by atoms with van der Waals surface area (Å²) in [5, 5.41) is 5.29. The van der Waals surface area contributed by atoms with E-state index in [1.165, 1.54) is 10.5 Å². The van der Waals surface area contributed by atoms with E-state index in [0.717, 1.165) is 5.75 Å². The molecule has 0 saturated heterocycles. The maximum absolute atomic E-state index is 5.16. The first-order valence-electron chi connectivity index (χ1n) is 4.62. The van der Waals surface area contributed by atoms with Gasteiger partial charge in [-0.1, -0.05) is 11.6 Å². The lowest BCUT2D eigenvalue weighted by Gasteiger charge is -2.09. The standard InChI is InChI=1S/C11H17NOS/c1-8(2)5-10(12-3)11-6-9(13-4)7-14-11/h5-7,10,12H,1-4H3. The van der Waals surface area contributed by atoms with Crippen LogP contribution in [0, 0.1) is 0 Å². The number of rotatable bonds is 4. The molecule has 78 valence electrons. The van der Waals surface area contributed by atoms with Crippen LogP contribution in [-0.4, -0.2) is 14.2 Å². The summed E-state index contributed by atoms with van der Waals surface area (Å²) in [7, 11) is 3.66. The van der Waals surface area contributed by atoms with Gasteiger partial charge in [-0.25, -0.2) is 0 Å². The molecule has 1 aromatic heterocycles. The predicted octanol–water partition coefficient (Wildman–Crippen LogP) is 2.98. The zero-order valence-corrected chi connectivity index (χ0v) is 9.94. The average molecular weight is 211 g/mol. The van der Waals surface area contributed by atoms with Gasteiger partial charge in [0.2, 0.25) is 0 Å². The minimum Gasteiger partial charge on any atom is -0.496 e. The average Bonchev–Trinajstić information content (AvgIpc) is 2.62. The Balaban J connectivity index is 2.84. The molecule has 0 spiro atoms. The second kappa shape index (κ2) is 5.17. The summed E-state index contributed by atoms with van der Waals surface area (Å²) < 4.78 is 5.16. The van der Waals surface area contributed by atoms with Gasteiger partial charge >= 0.3 is 0 Å². The Bertz CT molecular complexity index is 313. The highest BCUT2D eigenvalue weighted by molar-refractivity contribution is 7.10. The second-order valence-electron chi connectivity index (χ2n) is 3.40. The summed E-state index contributed by atoms with van der Waals surface area (Å²) in [5.74, 6) is 0.937. The summed E-state index contributed by atoms with van der Waals surface area (Å²) >= 11 is 1.72. The molecule has 1 atom stereocenters. The molecule has 1 unspecified atom stereocenters. The number of hydrogen-bond donors (Lipinski definition) is 1. The van der Waals surface area contributed by atoms with Crippen LogP contribution in [0.25, 0.3) is 0 Å². The van der Waals surface area contributed by atoms with Crippen molar-refractivity contribution in [3.05, 3.63) is 28.0 Å². The Kier molecular flexibility index (Phi) is 4.17. The van der Waals surface area contributed by atoms with Crippen LogP contribution >= 0.6 is 11.3 Å². The van der Waals surface area contributed by atoms with Gasteiger partial charge in [-0.3, -0.25) is 0 Å². The Morgan fingerprint density at radius 3 is 2.71 bits per heavy atom. The molecule has 0 saturated carbocycles. The van der Waals surface area contributed by atoms with Crippen LogP contribution in [0.5, 0.6) is 5.75 Å². The molecule has 0 aromatic carbocycles. The summed E-state index contributed by atoms with van der Waals surface area (Å²) in [5.41, 5.74) is 1.32. The van der Waals surface area contributed by atoms with Gasteiger partial charge in [0.1, 0.15) is 5.75 Å². The Morgan fingerprint density at radius 1 is 1.57 bits per heavy atom. The lowest BCUT2D eigenvalue weighted by atomic mass is 10.2. The van der Waals surface area contributed by atoms with Crippen LogP contribution in [0.1, 0.15) is 24.8 Å². The normalized spacial score (nSPS) is 12.3. The van der Waals surface area contributed by atoms with Crippen molar-refractivity contribution in [2.75, 3.05) is 14.2 Å². The van der Waals surface area contributed by atoms with E-state index in [4.69, 9.17) is 4.74 Å². The molecular weight excluding hydrogens is 194 g/mol. The highest BCUT2D eigenvalue weighted by atomic mass is 32.1. The van der Waals surface area contributed by atoms with E-state index in [2.05, 4.69) is 31.3 Å². The van der Waals surface area contributed by atoms with Crippen molar-refractivity contribution in [3.8, 4) is 5.75 Å². The fourth-order valence-electron chi connectivity index (χ4n) is 1.25. The van der Waals surface area contributed by atoms with E-state index < -0.39 is 0 Å². The van der Waals surface area contributed by atoms with E-state index in [1.807, 2.05) is 12.4 Å². The quantitative estimate of drug-likeness (QED) is 0.773. The molecule has 1 rings (SSSR count). The van der Waals surface area contributed by atoms with Crippen LogP contribution in [0.4, 0.5) is 0 Å². The molecule has 2 nitrogen and oxygen atoms in total. The zero-order chi connectivity index (χ0) is 10.6. The number of nitrogens with one attached hydrogen (secondary N) is 1. The third kappa shape index (κ3) is 2.86. The van der Waals surface area contributed by atoms with E-state index in [-0.39, 0.29) is 0 Å². The number of thiophene rings is 1. The zero-order valence-electron chi connectivity index (χ0n) is 9.13. The van der Waals surface area contributed by atoms with Gasteiger partial charge in [0.25, 0.3) is 0 Å².